The second-order valence-corrected chi connectivity index (χ2v) is 12.3. The van der Waals surface area contributed by atoms with Crippen molar-refractivity contribution in [2.24, 2.45) is 0 Å². The van der Waals surface area contributed by atoms with Crippen LogP contribution in [-0.2, 0) is 0 Å². The smallest absolute Gasteiger partial charge is 0.0355 e. The molecule has 1 heteroatoms. The maximum Gasteiger partial charge on any atom is 0.0355 e. The lowest BCUT2D eigenvalue weighted by Gasteiger charge is -2.19. The molecule has 0 N–H and O–H groups in total. The van der Waals surface area contributed by atoms with Gasteiger partial charge in [-0.1, -0.05) is 133 Å². The molecule has 0 atom stereocenters. The van der Waals surface area contributed by atoms with E-state index in [0.29, 0.717) is 0 Å². The maximum absolute atomic E-state index is 2.38. The molecule has 0 bridgehead atoms. The fourth-order valence-electron chi connectivity index (χ4n) is 6.93. The van der Waals surface area contributed by atoms with Gasteiger partial charge in [0, 0.05) is 20.2 Å². The molecule has 200 valence electrons. The van der Waals surface area contributed by atoms with Crippen LogP contribution in [-0.4, -0.2) is 0 Å². The van der Waals surface area contributed by atoms with Crippen LogP contribution in [0, 0.1) is 0 Å². The largest absolute Gasteiger partial charge is 0.135 e. The molecule has 0 aliphatic heterocycles. The van der Waals surface area contributed by atoms with E-state index in [1.54, 1.807) is 0 Å². The number of rotatable bonds is 3. The van der Waals surface area contributed by atoms with Crippen LogP contribution in [0.2, 0.25) is 0 Å². The van der Waals surface area contributed by atoms with E-state index in [4.69, 9.17) is 0 Å². The first-order chi connectivity index (χ1) is 21.3. The summed E-state index contributed by atoms with van der Waals surface area (Å²) in [6.45, 7) is 0. The Kier molecular flexibility index (Phi) is 5.47. The second-order valence-electron chi connectivity index (χ2n) is 11.3. The Morgan fingerprint density at radius 3 is 1.60 bits per heavy atom. The highest BCUT2D eigenvalue weighted by Gasteiger charge is 2.18. The number of hydrogen-bond acceptors (Lipinski definition) is 1. The number of benzene rings is 8. The summed E-state index contributed by atoms with van der Waals surface area (Å²) in [7, 11) is 0. The van der Waals surface area contributed by atoms with Gasteiger partial charge in [0.05, 0.1) is 0 Å². The van der Waals surface area contributed by atoms with E-state index in [1.165, 1.54) is 85.9 Å². The van der Waals surface area contributed by atoms with Crippen LogP contribution in [0.15, 0.2) is 158 Å². The van der Waals surface area contributed by atoms with Crippen LogP contribution in [0.4, 0.5) is 0 Å². The fourth-order valence-corrected chi connectivity index (χ4v) is 8.02. The normalized spacial score (nSPS) is 11.7. The van der Waals surface area contributed by atoms with E-state index in [-0.39, 0.29) is 0 Å². The molecule has 1 aromatic heterocycles. The van der Waals surface area contributed by atoms with Gasteiger partial charge in [0.2, 0.25) is 0 Å². The van der Waals surface area contributed by atoms with Gasteiger partial charge >= 0.3 is 0 Å². The first-order valence-electron chi connectivity index (χ1n) is 14.8. The predicted octanol–water partition coefficient (Wildman–Crippen LogP) is 12.5. The Balaban J connectivity index is 1.31. The van der Waals surface area contributed by atoms with Gasteiger partial charge in [-0.05, 0) is 90.0 Å². The van der Waals surface area contributed by atoms with Crippen molar-refractivity contribution in [3.63, 3.8) is 0 Å². The lowest BCUT2D eigenvalue weighted by Crippen LogP contribution is -1.92. The zero-order valence-corrected chi connectivity index (χ0v) is 24.2. The monoisotopic (exact) mass is 562 g/mol. The van der Waals surface area contributed by atoms with Crippen LogP contribution in [0.3, 0.4) is 0 Å². The average molecular weight is 563 g/mol. The van der Waals surface area contributed by atoms with Crippen molar-refractivity contribution in [3.8, 4) is 33.4 Å². The van der Waals surface area contributed by atoms with Crippen LogP contribution in [0.1, 0.15) is 0 Å². The van der Waals surface area contributed by atoms with Crippen molar-refractivity contribution in [2.45, 2.75) is 0 Å². The van der Waals surface area contributed by atoms with Crippen LogP contribution in [0.25, 0.3) is 85.9 Å². The summed E-state index contributed by atoms with van der Waals surface area (Å²) < 4.78 is 2.68. The Hall–Kier alpha value is -5.24. The summed E-state index contributed by atoms with van der Waals surface area (Å²) in [4.78, 5) is 0. The molecule has 0 aliphatic carbocycles. The van der Waals surface area contributed by atoms with Gasteiger partial charge in [-0.15, -0.1) is 11.3 Å². The molecule has 8 aromatic carbocycles. The van der Waals surface area contributed by atoms with E-state index in [1.807, 2.05) is 11.3 Å². The van der Waals surface area contributed by atoms with Crippen molar-refractivity contribution in [1.29, 1.82) is 0 Å². The van der Waals surface area contributed by atoms with Gasteiger partial charge in [0.15, 0.2) is 0 Å². The standard InChI is InChI=1S/C42H26S/c1-2-15-31-27(11-1)12-10-21-33(31)42-36-19-5-3-17-34(36)41(35-18-4-6-20-37(35)42)30-14-9-13-28(25-30)29-23-24-40-38(26-29)32-16-7-8-22-39(32)43-40/h1-26H. The molecular weight excluding hydrogens is 537 g/mol. The summed E-state index contributed by atoms with van der Waals surface area (Å²) in [6.07, 6.45) is 0. The van der Waals surface area contributed by atoms with Gasteiger partial charge in [-0.25, -0.2) is 0 Å². The lowest BCUT2D eigenvalue weighted by molar-refractivity contribution is 1.63. The van der Waals surface area contributed by atoms with Crippen molar-refractivity contribution >= 4 is 63.8 Å². The molecule has 1 heterocycles. The molecule has 0 amide bonds. The summed E-state index contributed by atoms with van der Waals surface area (Å²) in [6, 6.07) is 58.0. The molecule has 0 saturated carbocycles. The van der Waals surface area contributed by atoms with Gasteiger partial charge in [0.1, 0.15) is 0 Å². The topological polar surface area (TPSA) is 0 Å². The number of hydrogen-bond donors (Lipinski definition) is 0. The predicted molar refractivity (Wildman–Crippen MR) is 188 cm³/mol. The molecule has 9 rings (SSSR count). The van der Waals surface area contributed by atoms with Crippen molar-refractivity contribution in [2.75, 3.05) is 0 Å². The van der Waals surface area contributed by atoms with Crippen molar-refractivity contribution < 1.29 is 0 Å². The van der Waals surface area contributed by atoms with Crippen molar-refractivity contribution in [3.05, 3.63) is 158 Å². The van der Waals surface area contributed by atoms with E-state index in [2.05, 4.69) is 158 Å². The first kappa shape index (κ1) is 24.4. The Bertz CT molecular complexity index is 2450. The third-order valence-electron chi connectivity index (χ3n) is 8.85. The zero-order valence-electron chi connectivity index (χ0n) is 23.4. The maximum atomic E-state index is 2.38. The molecule has 0 spiro atoms. The zero-order chi connectivity index (χ0) is 28.3. The Labute approximate surface area is 254 Å². The van der Waals surface area contributed by atoms with Crippen molar-refractivity contribution in [1.82, 2.24) is 0 Å². The van der Waals surface area contributed by atoms with E-state index >= 15 is 0 Å². The minimum absolute atomic E-state index is 1.24. The Morgan fingerprint density at radius 1 is 0.302 bits per heavy atom. The molecule has 43 heavy (non-hydrogen) atoms. The summed E-state index contributed by atoms with van der Waals surface area (Å²) in [5, 5.41) is 10.3. The van der Waals surface area contributed by atoms with Gasteiger partial charge in [0.25, 0.3) is 0 Å². The molecule has 0 fully saturated rings. The highest BCUT2D eigenvalue weighted by Crippen LogP contribution is 2.46. The average Bonchev–Trinajstić information content (AvgIpc) is 3.45. The second kappa shape index (κ2) is 9.66. The lowest BCUT2D eigenvalue weighted by atomic mass is 9.84. The highest BCUT2D eigenvalue weighted by atomic mass is 32.1. The highest BCUT2D eigenvalue weighted by molar-refractivity contribution is 7.25. The third-order valence-corrected chi connectivity index (χ3v) is 10.0. The van der Waals surface area contributed by atoms with E-state index < -0.39 is 0 Å². The molecule has 9 aromatic rings. The first-order valence-corrected chi connectivity index (χ1v) is 15.6. The minimum Gasteiger partial charge on any atom is -0.135 e. The molecular formula is C42H26S. The number of thiophene rings is 1. The van der Waals surface area contributed by atoms with Gasteiger partial charge < -0.3 is 0 Å². The quantitative estimate of drug-likeness (QED) is 0.188. The summed E-state index contributed by atoms with van der Waals surface area (Å²) >= 11 is 1.87. The number of fused-ring (bicyclic) bond motifs is 6. The summed E-state index contributed by atoms with van der Waals surface area (Å²) in [5.41, 5.74) is 7.60. The van der Waals surface area contributed by atoms with Crippen LogP contribution >= 0.6 is 11.3 Å². The van der Waals surface area contributed by atoms with Crippen LogP contribution in [0.5, 0.6) is 0 Å². The minimum atomic E-state index is 1.24. The molecule has 0 radical (unpaired) electrons. The summed E-state index contributed by atoms with van der Waals surface area (Å²) in [5.74, 6) is 0. The molecule has 0 unspecified atom stereocenters. The van der Waals surface area contributed by atoms with E-state index in [9.17, 15) is 0 Å². The molecule has 0 saturated heterocycles. The van der Waals surface area contributed by atoms with Crippen LogP contribution < -0.4 is 0 Å². The molecule has 0 nitrogen and oxygen atoms in total. The van der Waals surface area contributed by atoms with Gasteiger partial charge in [-0.2, -0.15) is 0 Å². The fraction of sp³-hybridized carbons (Fsp3) is 0. The van der Waals surface area contributed by atoms with E-state index in [0.717, 1.165) is 0 Å². The van der Waals surface area contributed by atoms with Gasteiger partial charge in [-0.3, -0.25) is 0 Å². The molecule has 0 aliphatic rings. The Morgan fingerprint density at radius 2 is 0.837 bits per heavy atom. The third kappa shape index (κ3) is 3.82. The SMILES string of the molecule is c1cc(-c2ccc3sc4ccccc4c3c2)cc(-c2c3ccccc3c(-c3cccc4ccccc34)c3ccccc23)c1.